The van der Waals surface area contributed by atoms with Gasteiger partial charge in [0.25, 0.3) is 5.91 Å². The SMILES string of the molecule is Cc1ccc(C(=O)N2CCCc3cc(N)ccc32)s1. The van der Waals surface area contributed by atoms with Crippen LogP contribution in [0.4, 0.5) is 11.4 Å². The number of hydrogen-bond donors (Lipinski definition) is 1. The topological polar surface area (TPSA) is 46.3 Å². The first-order valence-corrected chi connectivity index (χ1v) is 7.23. The fraction of sp³-hybridized carbons (Fsp3) is 0.267. The van der Waals surface area contributed by atoms with Crippen molar-refractivity contribution in [3.8, 4) is 0 Å². The van der Waals surface area contributed by atoms with Crippen molar-refractivity contribution in [1.29, 1.82) is 0 Å². The molecule has 2 heterocycles. The van der Waals surface area contributed by atoms with Crippen LogP contribution in [0.2, 0.25) is 0 Å². The average molecular weight is 272 g/mol. The minimum Gasteiger partial charge on any atom is -0.399 e. The van der Waals surface area contributed by atoms with Crippen LogP contribution in [0.15, 0.2) is 30.3 Å². The van der Waals surface area contributed by atoms with Crippen molar-refractivity contribution in [2.24, 2.45) is 0 Å². The molecule has 0 saturated carbocycles. The monoisotopic (exact) mass is 272 g/mol. The highest BCUT2D eigenvalue weighted by Gasteiger charge is 2.24. The van der Waals surface area contributed by atoms with Gasteiger partial charge in [0.2, 0.25) is 0 Å². The molecule has 0 spiro atoms. The molecular formula is C15H16N2OS. The van der Waals surface area contributed by atoms with Gasteiger partial charge in [-0.2, -0.15) is 0 Å². The number of amides is 1. The summed E-state index contributed by atoms with van der Waals surface area (Å²) in [5, 5.41) is 0. The number of nitrogen functional groups attached to an aromatic ring is 1. The molecule has 1 aromatic carbocycles. The third-order valence-electron chi connectivity index (χ3n) is 3.42. The number of anilines is 2. The molecule has 1 aliphatic heterocycles. The van der Waals surface area contributed by atoms with Crippen LogP contribution in [0.5, 0.6) is 0 Å². The zero-order valence-corrected chi connectivity index (χ0v) is 11.7. The number of rotatable bonds is 1. The second kappa shape index (κ2) is 4.70. The predicted octanol–water partition coefficient (Wildman–Crippen LogP) is 3.23. The minimum absolute atomic E-state index is 0.101. The molecule has 0 radical (unpaired) electrons. The van der Waals surface area contributed by atoms with Gasteiger partial charge in [-0.25, -0.2) is 0 Å². The Hall–Kier alpha value is -1.81. The molecule has 0 atom stereocenters. The normalized spacial score (nSPS) is 14.3. The van der Waals surface area contributed by atoms with Gasteiger partial charge >= 0.3 is 0 Å². The summed E-state index contributed by atoms with van der Waals surface area (Å²) >= 11 is 1.55. The predicted molar refractivity (Wildman–Crippen MR) is 79.9 cm³/mol. The van der Waals surface area contributed by atoms with Crippen LogP contribution >= 0.6 is 11.3 Å². The number of benzene rings is 1. The zero-order valence-electron chi connectivity index (χ0n) is 10.8. The van der Waals surface area contributed by atoms with Crippen molar-refractivity contribution >= 4 is 28.6 Å². The average Bonchev–Trinajstić information content (AvgIpc) is 2.83. The second-order valence-electron chi connectivity index (χ2n) is 4.86. The van der Waals surface area contributed by atoms with Gasteiger partial charge in [-0.05, 0) is 55.7 Å². The highest BCUT2D eigenvalue weighted by atomic mass is 32.1. The molecule has 0 fully saturated rings. The number of aryl methyl sites for hydroxylation is 2. The fourth-order valence-corrected chi connectivity index (χ4v) is 3.33. The van der Waals surface area contributed by atoms with Crippen molar-refractivity contribution in [3.63, 3.8) is 0 Å². The maximum atomic E-state index is 12.6. The van der Waals surface area contributed by atoms with Crippen molar-refractivity contribution in [1.82, 2.24) is 0 Å². The van der Waals surface area contributed by atoms with Crippen LogP contribution in [-0.2, 0) is 6.42 Å². The first-order chi connectivity index (χ1) is 9.15. The van der Waals surface area contributed by atoms with E-state index in [-0.39, 0.29) is 5.91 Å². The smallest absolute Gasteiger partial charge is 0.268 e. The summed E-state index contributed by atoms with van der Waals surface area (Å²) in [4.78, 5) is 16.4. The number of fused-ring (bicyclic) bond motifs is 1. The van der Waals surface area contributed by atoms with Gasteiger partial charge in [-0.15, -0.1) is 11.3 Å². The van der Waals surface area contributed by atoms with E-state index in [1.54, 1.807) is 11.3 Å². The summed E-state index contributed by atoms with van der Waals surface area (Å²) in [5.41, 5.74) is 8.76. The Morgan fingerprint density at radius 3 is 2.89 bits per heavy atom. The first kappa shape index (κ1) is 12.2. The van der Waals surface area contributed by atoms with E-state index in [4.69, 9.17) is 5.73 Å². The molecule has 2 aromatic rings. The molecule has 4 heteroatoms. The number of thiophene rings is 1. The quantitative estimate of drug-likeness (QED) is 0.810. The van der Waals surface area contributed by atoms with Crippen LogP contribution in [-0.4, -0.2) is 12.5 Å². The molecule has 1 aliphatic rings. The number of hydrogen-bond acceptors (Lipinski definition) is 3. The Morgan fingerprint density at radius 2 is 2.16 bits per heavy atom. The molecule has 0 aliphatic carbocycles. The van der Waals surface area contributed by atoms with Crippen LogP contribution in [0, 0.1) is 6.92 Å². The van der Waals surface area contributed by atoms with Gasteiger partial charge in [0.1, 0.15) is 0 Å². The van der Waals surface area contributed by atoms with Gasteiger partial charge in [-0.1, -0.05) is 0 Å². The Morgan fingerprint density at radius 1 is 1.32 bits per heavy atom. The van der Waals surface area contributed by atoms with E-state index in [9.17, 15) is 4.79 Å². The molecular weight excluding hydrogens is 256 g/mol. The van der Waals surface area contributed by atoms with Gasteiger partial charge in [0, 0.05) is 22.8 Å². The van der Waals surface area contributed by atoms with Crippen LogP contribution in [0.1, 0.15) is 26.5 Å². The maximum absolute atomic E-state index is 12.6. The largest absolute Gasteiger partial charge is 0.399 e. The summed E-state index contributed by atoms with van der Waals surface area (Å²) in [7, 11) is 0. The summed E-state index contributed by atoms with van der Waals surface area (Å²) in [6.07, 6.45) is 1.99. The van der Waals surface area contributed by atoms with Crippen molar-refractivity contribution in [2.45, 2.75) is 19.8 Å². The van der Waals surface area contributed by atoms with Crippen molar-refractivity contribution < 1.29 is 4.79 Å². The van der Waals surface area contributed by atoms with Gasteiger partial charge in [-0.3, -0.25) is 4.79 Å². The number of nitrogens with zero attached hydrogens (tertiary/aromatic N) is 1. The Labute approximate surface area is 116 Å². The van der Waals surface area contributed by atoms with E-state index in [0.29, 0.717) is 0 Å². The van der Waals surface area contributed by atoms with E-state index in [1.807, 2.05) is 42.2 Å². The molecule has 3 nitrogen and oxygen atoms in total. The highest BCUT2D eigenvalue weighted by Crippen LogP contribution is 2.31. The van der Waals surface area contributed by atoms with Crippen LogP contribution in [0.3, 0.4) is 0 Å². The molecule has 1 amide bonds. The third-order valence-corrected chi connectivity index (χ3v) is 4.41. The molecule has 0 saturated heterocycles. The number of carbonyl (C=O) groups excluding carboxylic acids is 1. The lowest BCUT2D eigenvalue weighted by Crippen LogP contribution is -2.35. The standard InChI is InChI=1S/C15H16N2OS/c1-10-4-7-14(19-10)15(18)17-8-2-3-11-9-12(16)5-6-13(11)17/h4-7,9H,2-3,8,16H2,1H3. The number of carbonyl (C=O) groups is 1. The van der Waals surface area contributed by atoms with E-state index in [1.165, 1.54) is 5.56 Å². The Bertz CT molecular complexity index is 633. The molecule has 0 bridgehead atoms. The zero-order chi connectivity index (χ0) is 13.4. The van der Waals surface area contributed by atoms with Crippen LogP contribution in [0.25, 0.3) is 0 Å². The van der Waals surface area contributed by atoms with E-state index in [2.05, 4.69) is 0 Å². The van der Waals surface area contributed by atoms with Gasteiger partial charge in [0.05, 0.1) is 4.88 Å². The third kappa shape index (κ3) is 2.24. The van der Waals surface area contributed by atoms with Crippen LogP contribution < -0.4 is 10.6 Å². The lowest BCUT2D eigenvalue weighted by molar-refractivity contribution is 0.0989. The molecule has 19 heavy (non-hydrogen) atoms. The van der Waals surface area contributed by atoms with Crippen molar-refractivity contribution in [2.75, 3.05) is 17.2 Å². The fourth-order valence-electron chi connectivity index (χ4n) is 2.51. The minimum atomic E-state index is 0.101. The molecule has 2 N–H and O–H groups in total. The molecule has 0 unspecified atom stereocenters. The molecule has 1 aromatic heterocycles. The van der Waals surface area contributed by atoms with Gasteiger partial charge < -0.3 is 10.6 Å². The Kier molecular flexibility index (Phi) is 3.03. The molecule has 98 valence electrons. The number of nitrogens with two attached hydrogens (primary N) is 1. The Balaban J connectivity index is 1.97. The maximum Gasteiger partial charge on any atom is 0.268 e. The van der Waals surface area contributed by atoms with E-state index in [0.717, 1.165) is 40.5 Å². The highest BCUT2D eigenvalue weighted by molar-refractivity contribution is 7.14. The second-order valence-corrected chi connectivity index (χ2v) is 6.15. The summed E-state index contributed by atoms with van der Waals surface area (Å²) in [6, 6.07) is 9.71. The van der Waals surface area contributed by atoms with Gasteiger partial charge in [0.15, 0.2) is 0 Å². The van der Waals surface area contributed by atoms with E-state index < -0.39 is 0 Å². The summed E-state index contributed by atoms with van der Waals surface area (Å²) < 4.78 is 0. The first-order valence-electron chi connectivity index (χ1n) is 6.42. The summed E-state index contributed by atoms with van der Waals surface area (Å²) in [6.45, 7) is 2.80. The molecule has 3 rings (SSSR count). The lowest BCUT2D eigenvalue weighted by Gasteiger charge is -2.29. The lowest BCUT2D eigenvalue weighted by atomic mass is 10.0. The van der Waals surface area contributed by atoms with Crippen molar-refractivity contribution in [3.05, 3.63) is 45.6 Å². The van der Waals surface area contributed by atoms with E-state index >= 15 is 0 Å². The summed E-state index contributed by atoms with van der Waals surface area (Å²) in [5.74, 6) is 0.101.